The second-order valence-electron chi connectivity index (χ2n) is 5.48. The lowest BCUT2D eigenvalue weighted by Gasteiger charge is -2.11. The Hall–Kier alpha value is -1.53. The van der Waals surface area contributed by atoms with E-state index in [0.717, 1.165) is 17.3 Å². The van der Waals surface area contributed by atoms with Crippen molar-refractivity contribution in [2.24, 2.45) is 0 Å². The first-order valence-corrected chi connectivity index (χ1v) is 8.35. The van der Waals surface area contributed by atoms with Crippen LogP contribution in [0.15, 0.2) is 22.1 Å². The molecule has 1 heterocycles. The number of H-pyrrole nitrogens is 1. The highest BCUT2D eigenvalue weighted by molar-refractivity contribution is 7.98. The molecule has 1 aromatic heterocycles. The van der Waals surface area contributed by atoms with Crippen molar-refractivity contribution < 1.29 is 4.74 Å². The second kappa shape index (κ2) is 7.65. The normalized spacial score (nSPS) is 11.1. The average molecular weight is 321 g/mol. The summed E-state index contributed by atoms with van der Waals surface area (Å²) in [6.07, 6.45) is 0.798. The van der Waals surface area contributed by atoms with Gasteiger partial charge in [-0.15, -0.1) is 5.10 Å². The van der Waals surface area contributed by atoms with Gasteiger partial charge in [0.05, 0.1) is 0 Å². The van der Waals surface area contributed by atoms with Crippen LogP contribution in [0.2, 0.25) is 0 Å². The number of hydrogen-bond acceptors (Lipinski definition) is 4. The van der Waals surface area contributed by atoms with Crippen molar-refractivity contribution in [3.8, 4) is 0 Å². The predicted octanol–water partition coefficient (Wildman–Crippen LogP) is 2.83. The number of nitrogens with one attached hydrogen (secondary N) is 1. The van der Waals surface area contributed by atoms with Crippen LogP contribution in [-0.4, -0.2) is 28.5 Å². The molecular formula is C16H23N3O2S. The van der Waals surface area contributed by atoms with Gasteiger partial charge in [0, 0.05) is 26.0 Å². The summed E-state index contributed by atoms with van der Waals surface area (Å²) in [5.74, 6) is 0.812. The minimum Gasteiger partial charge on any atom is -0.385 e. The third-order valence-corrected chi connectivity index (χ3v) is 4.64. The standard InChI is InChI=1S/C16H23N3O2S/c1-11-8-12(2)14(13(3)9-11)10-22-16-18-17-15(20)19(16)6-5-7-21-4/h8-9H,5-7,10H2,1-4H3,(H,17,20). The van der Waals surface area contributed by atoms with Gasteiger partial charge in [-0.1, -0.05) is 29.5 Å². The summed E-state index contributed by atoms with van der Waals surface area (Å²) in [6.45, 7) is 7.63. The Labute approximate surface area is 135 Å². The molecule has 22 heavy (non-hydrogen) atoms. The average Bonchev–Trinajstić information content (AvgIpc) is 2.79. The predicted molar refractivity (Wildman–Crippen MR) is 89.6 cm³/mol. The van der Waals surface area contributed by atoms with Gasteiger partial charge in [0.1, 0.15) is 0 Å². The summed E-state index contributed by atoms with van der Waals surface area (Å²) < 4.78 is 6.72. The maximum absolute atomic E-state index is 11.8. The first-order valence-electron chi connectivity index (χ1n) is 7.36. The van der Waals surface area contributed by atoms with Gasteiger partial charge in [-0.05, 0) is 43.9 Å². The topological polar surface area (TPSA) is 59.9 Å². The number of aryl methyl sites for hydroxylation is 3. The highest BCUT2D eigenvalue weighted by Gasteiger charge is 2.11. The van der Waals surface area contributed by atoms with E-state index in [2.05, 4.69) is 43.1 Å². The van der Waals surface area contributed by atoms with Crippen molar-refractivity contribution in [2.45, 2.75) is 44.6 Å². The molecule has 0 aliphatic carbocycles. The SMILES string of the molecule is COCCCn1c(SCc2c(C)cc(C)cc2C)n[nH]c1=O. The number of aromatic amines is 1. The number of benzene rings is 1. The highest BCUT2D eigenvalue weighted by atomic mass is 32.2. The molecule has 120 valence electrons. The molecule has 1 aromatic carbocycles. The zero-order valence-corrected chi connectivity index (χ0v) is 14.4. The second-order valence-corrected chi connectivity index (χ2v) is 6.42. The quantitative estimate of drug-likeness (QED) is 0.629. The monoisotopic (exact) mass is 321 g/mol. The van der Waals surface area contributed by atoms with E-state index in [0.29, 0.717) is 13.2 Å². The lowest BCUT2D eigenvalue weighted by molar-refractivity contribution is 0.189. The highest BCUT2D eigenvalue weighted by Crippen LogP contribution is 2.25. The van der Waals surface area contributed by atoms with Crippen LogP contribution in [0.5, 0.6) is 0 Å². The van der Waals surface area contributed by atoms with E-state index in [1.807, 2.05) is 0 Å². The van der Waals surface area contributed by atoms with E-state index in [4.69, 9.17) is 4.74 Å². The van der Waals surface area contributed by atoms with Gasteiger partial charge in [0.2, 0.25) is 0 Å². The summed E-state index contributed by atoms with van der Waals surface area (Å²) in [5.41, 5.74) is 5.01. The van der Waals surface area contributed by atoms with Gasteiger partial charge < -0.3 is 4.74 Å². The van der Waals surface area contributed by atoms with Crippen molar-refractivity contribution in [3.05, 3.63) is 44.9 Å². The Bertz CT molecular complexity index is 668. The van der Waals surface area contributed by atoms with E-state index < -0.39 is 0 Å². The van der Waals surface area contributed by atoms with E-state index >= 15 is 0 Å². The fraction of sp³-hybridized carbons (Fsp3) is 0.500. The number of rotatable bonds is 7. The Morgan fingerprint density at radius 2 is 1.95 bits per heavy atom. The van der Waals surface area contributed by atoms with E-state index in [-0.39, 0.29) is 5.69 Å². The summed E-state index contributed by atoms with van der Waals surface area (Å²) in [7, 11) is 1.66. The molecule has 1 N–H and O–H groups in total. The fourth-order valence-corrected chi connectivity index (χ4v) is 3.72. The van der Waals surface area contributed by atoms with Crippen LogP contribution in [0.25, 0.3) is 0 Å². The van der Waals surface area contributed by atoms with Crippen molar-refractivity contribution >= 4 is 11.8 Å². The number of hydrogen-bond donors (Lipinski definition) is 1. The molecule has 0 aliphatic heterocycles. The molecule has 0 unspecified atom stereocenters. The molecular weight excluding hydrogens is 298 g/mol. The van der Waals surface area contributed by atoms with E-state index in [1.54, 1.807) is 23.4 Å². The first kappa shape index (κ1) is 16.8. The Morgan fingerprint density at radius 1 is 1.27 bits per heavy atom. The molecule has 0 saturated heterocycles. The summed E-state index contributed by atoms with van der Waals surface area (Å²) in [4.78, 5) is 11.8. The summed E-state index contributed by atoms with van der Waals surface area (Å²) >= 11 is 1.59. The molecule has 0 spiro atoms. The third kappa shape index (κ3) is 4.01. The lowest BCUT2D eigenvalue weighted by Crippen LogP contribution is -2.18. The van der Waals surface area contributed by atoms with Crippen molar-refractivity contribution in [1.29, 1.82) is 0 Å². The number of aromatic nitrogens is 3. The molecule has 2 rings (SSSR count). The smallest absolute Gasteiger partial charge is 0.343 e. The fourth-order valence-electron chi connectivity index (χ4n) is 2.55. The number of ether oxygens (including phenoxy) is 1. The molecule has 5 nitrogen and oxygen atoms in total. The zero-order valence-electron chi connectivity index (χ0n) is 13.6. The minimum absolute atomic E-state index is 0.157. The van der Waals surface area contributed by atoms with E-state index in [9.17, 15) is 4.79 Å². The largest absolute Gasteiger partial charge is 0.385 e. The van der Waals surface area contributed by atoms with Gasteiger partial charge in [0.15, 0.2) is 5.16 Å². The zero-order chi connectivity index (χ0) is 16.1. The molecule has 0 radical (unpaired) electrons. The number of thioether (sulfide) groups is 1. The Balaban J connectivity index is 2.11. The van der Waals surface area contributed by atoms with E-state index in [1.165, 1.54) is 22.3 Å². The molecule has 0 bridgehead atoms. The summed E-state index contributed by atoms with van der Waals surface area (Å²) in [5, 5.41) is 7.41. The van der Waals surface area contributed by atoms with Crippen LogP contribution in [0.4, 0.5) is 0 Å². The number of methoxy groups -OCH3 is 1. The molecule has 0 saturated carbocycles. The maximum atomic E-state index is 11.8. The molecule has 0 aliphatic rings. The van der Waals surface area contributed by atoms with Crippen LogP contribution in [0.3, 0.4) is 0 Å². The molecule has 2 aromatic rings. The van der Waals surface area contributed by atoms with Gasteiger partial charge in [0.25, 0.3) is 0 Å². The van der Waals surface area contributed by atoms with Crippen LogP contribution in [0, 0.1) is 20.8 Å². The van der Waals surface area contributed by atoms with Crippen molar-refractivity contribution in [3.63, 3.8) is 0 Å². The van der Waals surface area contributed by atoms with Crippen LogP contribution < -0.4 is 5.69 Å². The van der Waals surface area contributed by atoms with Crippen molar-refractivity contribution in [1.82, 2.24) is 14.8 Å². The lowest BCUT2D eigenvalue weighted by atomic mass is 10.0. The van der Waals surface area contributed by atoms with Gasteiger partial charge in [-0.2, -0.15) is 0 Å². The third-order valence-electron chi connectivity index (χ3n) is 3.64. The van der Waals surface area contributed by atoms with Crippen molar-refractivity contribution in [2.75, 3.05) is 13.7 Å². The van der Waals surface area contributed by atoms with Gasteiger partial charge >= 0.3 is 5.69 Å². The Morgan fingerprint density at radius 3 is 2.59 bits per heavy atom. The molecule has 0 fully saturated rings. The first-order chi connectivity index (χ1) is 10.5. The van der Waals surface area contributed by atoms with Gasteiger partial charge in [-0.3, -0.25) is 4.57 Å². The maximum Gasteiger partial charge on any atom is 0.343 e. The van der Waals surface area contributed by atoms with Gasteiger partial charge in [-0.25, -0.2) is 9.89 Å². The van der Waals surface area contributed by atoms with Crippen LogP contribution in [-0.2, 0) is 17.0 Å². The molecule has 0 atom stereocenters. The molecule has 0 amide bonds. The molecule has 6 heteroatoms. The van der Waals surface area contributed by atoms with Crippen LogP contribution >= 0.6 is 11.8 Å². The minimum atomic E-state index is -0.157. The number of nitrogens with zero attached hydrogens (tertiary/aromatic N) is 2. The summed E-state index contributed by atoms with van der Waals surface area (Å²) in [6, 6.07) is 4.39. The van der Waals surface area contributed by atoms with Crippen LogP contribution in [0.1, 0.15) is 28.7 Å². The Kier molecular flexibility index (Phi) is 5.85.